The van der Waals surface area contributed by atoms with Crippen LogP contribution in [0.2, 0.25) is 0 Å². The highest BCUT2D eigenvalue weighted by molar-refractivity contribution is 8.63. The van der Waals surface area contributed by atoms with Crippen LogP contribution in [0.3, 0.4) is 0 Å². The van der Waals surface area contributed by atoms with Crippen LogP contribution < -0.4 is 0 Å². The van der Waals surface area contributed by atoms with E-state index in [1.165, 1.54) is 5.41 Å². The van der Waals surface area contributed by atoms with Crippen LogP contribution in [0.1, 0.15) is 0 Å². The molecule has 0 saturated heterocycles. The first-order chi connectivity index (χ1) is 5.81. The minimum absolute atomic E-state index is 0.234. The summed E-state index contributed by atoms with van der Waals surface area (Å²) in [4.78, 5) is 0. The Morgan fingerprint density at radius 1 is 1.38 bits per heavy atom. The summed E-state index contributed by atoms with van der Waals surface area (Å²) in [7, 11) is -10.1. The molecule has 0 aliphatic heterocycles. The van der Waals surface area contributed by atoms with Gasteiger partial charge in [-0.05, 0) is 5.41 Å². The van der Waals surface area contributed by atoms with Gasteiger partial charge in [-0.3, -0.25) is 8.74 Å². The first kappa shape index (κ1) is 12.9. The molecule has 78 valence electrons. The van der Waals surface area contributed by atoms with E-state index in [-0.39, 0.29) is 12.4 Å². The van der Waals surface area contributed by atoms with Crippen LogP contribution in [0, 0.1) is 0 Å². The molecule has 0 aliphatic rings. The maximum atomic E-state index is 10.5. The summed E-state index contributed by atoms with van der Waals surface area (Å²) in [6, 6.07) is 0. The van der Waals surface area contributed by atoms with Gasteiger partial charge in [0.25, 0.3) is 0 Å². The summed E-state index contributed by atoms with van der Waals surface area (Å²) in [5.74, 6) is 0.234. The Kier molecular flexibility index (Phi) is 4.92. The van der Waals surface area contributed by atoms with Crippen molar-refractivity contribution in [3.05, 3.63) is 12.0 Å². The normalized spacial score (nSPS) is 12.7. The zero-order valence-corrected chi connectivity index (χ0v) is 8.86. The van der Waals surface area contributed by atoms with Gasteiger partial charge in [-0.2, -0.15) is 16.8 Å². The molecule has 13 heavy (non-hydrogen) atoms. The second-order valence-electron chi connectivity index (χ2n) is 1.70. The summed E-state index contributed by atoms with van der Waals surface area (Å²) in [5.41, 5.74) is 0. The van der Waals surface area contributed by atoms with Crippen molar-refractivity contribution in [3.8, 4) is 0 Å². The highest BCUT2D eigenvalue weighted by Gasteiger charge is 2.27. The van der Waals surface area contributed by atoms with Crippen molar-refractivity contribution in [2.45, 2.75) is 0 Å². The van der Waals surface area contributed by atoms with Crippen molar-refractivity contribution >= 4 is 30.1 Å². The van der Waals surface area contributed by atoms with E-state index in [1.54, 1.807) is 0 Å². The van der Waals surface area contributed by atoms with Crippen molar-refractivity contribution in [2.75, 3.05) is 12.4 Å². The quantitative estimate of drug-likeness (QED) is 0.401. The molecule has 0 fully saturated rings. The molecule has 6 nitrogen and oxygen atoms in total. The van der Waals surface area contributed by atoms with E-state index in [1.807, 2.05) is 0 Å². The van der Waals surface area contributed by atoms with E-state index >= 15 is 0 Å². The van der Waals surface area contributed by atoms with E-state index < -0.39 is 18.3 Å². The fourth-order valence-corrected chi connectivity index (χ4v) is 1.76. The monoisotopic (exact) mass is 248 g/mol. The second kappa shape index (κ2) is 4.96. The fourth-order valence-electron chi connectivity index (χ4n) is 0.328. The smallest absolute Gasteiger partial charge is 0.272 e. The van der Waals surface area contributed by atoms with Crippen LogP contribution in [0.15, 0.2) is 12.0 Å². The molecule has 1 N–H and O–H groups in total. The van der Waals surface area contributed by atoms with Crippen molar-refractivity contribution in [1.29, 1.82) is 0 Å². The number of thioether (sulfide) groups is 1. The zero-order chi connectivity index (χ0) is 10.5. The maximum Gasteiger partial charge on any atom is 0.399 e. The van der Waals surface area contributed by atoms with Crippen LogP contribution in [-0.2, 0) is 22.5 Å². The predicted octanol–water partition coefficient (Wildman–Crippen LogP) is 0.0123. The SMILES string of the molecule is C=CSCCOS(=O)(=O)S(=O)(=O)O. The minimum atomic E-state index is -5.17. The minimum Gasteiger partial charge on any atom is -0.272 e. The van der Waals surface area contributed by atoms with Gasteiger partial charge < -0.3 is 0 Å². The lowest BCUT2D eigenvalue weighted by Crippen LogP contribution is -2.18. The van der Waals surface area contributed by atoms with Gasteiger partial charge in [-0.25, -0.2) is 0 Å². The third-order valence-corrected chi connectivity index (χ3v) is 4.25. The summed E-state index contributed by atoms with van der Waals surface area (Å²) < 4.78 is 53.4. The van der Waals surface area contributed by atoms with Crippen molar-refractivity contribution in [3.63, 3.8) is 0 Å². The van der Waals surface area contributed by atoms with Crippen LogP contribution in [0.4, 0.5) is 0 Å². The second-order valence-corrected chi connectivity index (χ2v) is 7.17. The largest absolute Gasteiger partial charge is 0.399 e. The molecule has 0 unspecified atom stereocenters. The Morgan fingerprint density at radius 3 is 2.31 bits per heavy atom. The lowest BCUT2D eigenvalue weighted by molar-refractivity contribution is 0.346. The average Bonchev–Trinajstić information content (AvgIpc) is 1.96. The van der Waals surface area contributed by atoms with Gasteiger partial charge in [0.15, 0.2) is 0 Å². The van der Waals surface area contributed by atoms with Crippen molar-refractivity contribution in [1.82, 2.24) is 0 Å². The molecule has 0 amide bonds. The van der Waals surface area contributed by atoms with Gasteiger partial charge in [0.05, 0.1) is 6.61 Å². The molecule has 0 aromatic rings. The molecule has 0 rings (SSSR count). The predicted molar refractivity (Wildman–Crippen MR) is 49.1 cm³/mol. The summed E-state index contributed by atoms with van der Waals surface area (Å²) >= 11 is 1.16. The molecular formula is C4H8O6S3. The number of hydrogen-bond acceptors (Lipinski definition) is 6. The first-order valence-electron chi connectivity index (χ1n) is 2.90. The van der Waals surface area contributed by atoms with Gasteiger partial charge in [0.2, 0.25) is 0 Å². The van der Waals surface area contributed by atoms with Gasteiger partial charge in [0, 0.05) is 5.75 Å². The fraction of sp³-hybridized carbons (Fsp3) is 0.500. The molecular weight excluding hydrogens is 240 g/mol. The summed E-state index contributed by atoms with van der Waals surface area (Å²) in [6.45, 7) is 3.00. The number of rotatable bonds is 6. The van der Waals surface area contributed by atoms with E-state index in [4.69, 9.17) is 4.55 Å². The topological polar surface area (TPSA) is 97.7 Å². The standard InChI is InChI=1S/C4H8O6S3/c1-2-11-4-3-10-13(8,9)12(5,6)7/h2H,1,3-4H2,(H,5,6,7). The molecule has 0 aromatic carbocycles. The van der Waals surface area contributed by atoms with Gasteiger partial charge >= 0.3 is 18.3 Å². The van der Waals surface area contributed by atoms with Crippen LogP contribution in [-0.4, -0.2) is 33.7 Å². The Labute approximate surface area is 80.2 Å². The average molecular weight is 248 g/mol. The molecule has 0 radical (unpaired) electrons. The first-order valence-corrected chi connectivity index (χ1v) is 7.32. The van der Waals surface area contributed by atoms with Crippen LogP contribution in [0.5, 0.6) is 0 Å². The van der Waals surface area contributed by atoms with E-state index in [2.05, 4.69) is 10.8 Å². The zero-order valence-electron chi connectivity index (χ0n) is 6.41. The molecule has 9 heteroatoms. The summed E-state index contributed by atoms with van der Waals surface area (Å²) in [6.07, 6.45) is 0. The third kappa shape index (κ3) is 4.62. The molecule has 0 spiro atoms. The van der Waals surface area contributed by atoms with Gasteiger partial charge in [0.1, 0.15) is 0 Å². The lowest BCUT2D eigenvalue weighted by atomic mass is 10.9. The van der Waals surface area contributed by atoms with E-state index in [0.717, 1.165) is 11.8 Å². The molecule has 0 heterocycles. The van der Waals surface area contributed by atoms with Gasteiger partial charge in [-0.1, -0.05) is 6.58 Å². The Morgan fingerprint density at radius 2 is 1.92 bits per heavy atom. The maximum absolute atomic E-state index is 10.5. The highest BCUT2D eigenvalue weighted by Crippen LogP contribution is 2.05. The summed E-state index contributed by atoms with van der Waals surface area (Å²) in [5, 5.41) is 1.45. The molecule has 0 saturated carbocycles. The number of hydrogen-bond donors (Lipinski definition) is 1. The van der Waals surface area contributed by atoms with Crippen LogP contribution >= 0.6 is 11.8 Å². The Balaban J connectivity index is 4.15. The Bertz CT molecular complexity index is 351. The Hall–Kier alpha value is -0.0900. The van der Waals surface area contributed by atoms with Crippen molar-refractivity contribution < 1.29 is 25.6 Å². The molecule has 0 aromatic heterocycles. The van der Waals surface area contributed by atoms with Gasteiger partial charge in [-0.15, -0.1) is 11.8 Å². The molecule has 0 bridgehead atoms. The van der Waals surface area contributed by atoms with E-state index in [0.29, 0.717) is 0 Å². The lowest BCUT2D eigenvalue weighted by Gasteiger charge is -2.00. The van der Waals surface area contributed by atoms with E-state index in [9.17, 15) is 16.8 Å². The highest BCUT2D eigenvalue weighted by atomic mass is 33.2. The van der Waals surface area contributed by atoms with Crippen molar-refractivity contribution in [2.24, 2.45) is 0 Å². The molecule has 0 atom stereocenters. The molecule has 0 aliphatic carbocycles. The van der Waals surface area contributed by atoms with Crippen LogP contribution in [0.25, 0.3) is 0 Å². The third-order valence-electron chi connectivity index (χ3n) is 0.805.